The Balaban J connectivity index is 1.96. The molecule has 0 aromatic heterocycles. The van der Waals surface area contributed by atoms with Gasteiger partial charge in [-0.1, -0.05) is 15.9 Å². The Hall–Kier alpha value is -0.450. The number of hydrogen-bond acceptors (Lipinski definition) is 2. The minimum Gasteiger partial charge on any atom is -0.377 e. The molecule has 0 amide bonds. The lowest BCUT2D eigenvalue weighted by molar-refractivity contribution is 0.113. The van der Waals surface area contributed by atoms with Crippen LogP contribution in [-0.2, 0) is 11.3 Å². The van der Waals surface area contributed by atoms with Crippen molar-refractivity contribution < 1.29 is 9.13 Å². The van der Waals surface area contributed by atoms with E-state index in [-0.39, 0.29) is 11.9 Å². The van der Waals surface area contributed by atoms with Gasteiger partial charge in [0.1, 0.15) is 5.82 Å². The summed E-state index contributed by atoms with van der Waals surface area (Å²) in [4.78, 5) is 0. The highest BCUT2D eigenvalue weighted by atomic mass is 79.9. The fraction of sp³-hybridized carbons (Fsp3) is 0.500. The zero-order valence-electron chi connectivity index (χ0n) is 9.17. The van der Waals surface area contributed by atoms with Crippen molar-refractivity contribution in [2.75, 3.05) is 6.61 Å². The molecule has 1 aromatic rings. The summed E-state index contributed by atoms with van der Waals surface area (Å²) in [6.07, 6.45) is 1.26. The molecule has 1 aliphatic rings. The molecule has 1 N–H and O–H groups in total. The third-order valence-corrected chi connectivity index (χ3v) is 3.71. The maximum atomic E-state index is 13.1. The van der Waals surface area contributed by atoms with Crippen LogP contribution in [0.25, 0.3) is 0 Å². The van der Waals surface area contributed by atoms with Gasteiger partial charge in [-0.05, 0) is 37.1 Å². The largest absolute Gasteiger partial charge is 0.377 e. The molecule has 1 saturated heterocycles. The van der Waals surface area contributed by atoms with Gasteiger partial charge in [0.25, 0.3) is 0 Å². The Morgan fingerprint density at radius 2 is 2.38 bits per heavy atom. The first kappa shape index (κ1) is 12.0. The number of benzene rings is 1. The molecule has 1 aromatic carbocycles. The van der Waals surface area contributed by atoms with Crippen LogP contribution in [0.15, 0.2) is 22.7 Å². The van der Waals surface area contributed by atoms with Crippen LogP contribution in [0, 0.1) is 5.82 Å². The third kappa shape index (κ3) is 2.81. The van der Waals surface area contributed by atoms with Crippen molar-refractivity contribution in [3.63, 3.8) is 0 Å². The lowest BCUT2D eigenvalue weighted by atomic mass is 10.1. The Morgan fingerprint density at radius 1 is 1.56 bits per heavy atom. The van der Waals surface area contributed by atoms with Gasteiger partial charge in [-0.2, -0.15) is 0 Å². The van der Waals surface area contributed by atoms with Crippen molar-refractivity contribution in [1.82, 2.24) is 5.32 Å². The molecular formula is C12H15BrFNO. The molecule has 1 heterocycles. The lowest BCUT2D eigenvalue weighted by Crippen LogP contribution is -2.34. The summed E-state index contributed by atoms with van der Waals surface area (Å²) in [5, 5.41) is 3.39. The van der Waals surface area contributed by atoms with Crippen molar-refractivity contribution in [1.29, 1.82) is 0 Å². The highest BCUT2D eigenvalue weighted by Crippen LogP contribution is 2.19. The van der Waals surface area contributed by atoms with Crippen LogP contribution in [0.5, 0.6) is 0 Å². The van der Waals surface area contributed by atoms with Crippen LogP contribution < -0.4 is 5.32 Å². The number of rotatable bonds is 3. The van der Waals surface area contributed by atoms with Gasteiger partial charge >= 0.3 is 0 Å². The Kier molecular flexibility index (Phi) is 3.95. The van der Waals surface area contributed by atoms with E-state index in [0.29, 0.717) is 12.6 Å². The molecule has 88 valence electrons. The number of nitrogens with one attached hydrogen (secondary N) is 1. The van der Waals surface area contributed by atoms with Crippen LogP contribution in [0.3, 0.4) is 0 Å². The molecule has 4 heteroatoms. The summed E-state index contributed by atoms with van der Waals surface area (Å²) < 4.78 is 19.4. The molecule has 0 saturated carbocycles. The number of halogens is 2. The molecule has 2 nitrogen and oxygen atoms in total. The van der Waals surface area contributed by atoms with Gasteiger partial charge in [0, 0.05) is 23.7 Å². The number of ether oxygens (including phenoxy) is 1. The quantitative estimate of drug-likeness (QED) is 0.923. The molecule has 2 unspecified atom stereocenters. The first-order valence-corrected chi connectivity index (χ1v) is 6.25. The lowest BCUT2D eigenvalue weighted by Gasteiger charge is -2.16. The van der Waals surface area contributed by atoms with E-state index in [2.05, 4.69) is 28.2 Å². The zero-order valence-corrected chi connectivity index (χ0v) is 10.8. The normalized spacial score (nSPS) is 24.9. The Morgan fingerprint density at radius 3 is 3.06 bits per heavy atom. The second-order valence-electron chi connectivity index (χ2n) is 4.09. The van der Waals surface area contributed by atoms with Gasteiger partial charge in [-0.15, -0.1) is 0 Å². The summed E-state index contributed by atoms with van der Waals surface area (Å²) in [6, 6.07) is 5.11. The predicted molar refractivity (Wildman–Crippen MR) is 64.8 cm³/mol. The van der Waals surface area contributed by atoms with Crippen LogP contribution in [-0.4, -0.2) is 18.8 Å². The van der Waals surface area contributed by atoms with Gasteiger partial charge in [0.05, 0.1) is 6.10 Å². The fourth-order valence-electron chi connectivity index (χ4n) is 1.92. The second-order valence-corrected chi connectivity index (χ2v) is 4.94. The average molecular weight is 288 g/mol. The highest BCUT2D eigenvalue weighted by Gasteiger charge is 2.23. The molecule has 2 rings (SSSR count). The van der Waals surface area contributed by atoms with Crippen LogP contribution in [0.1, 0.15) is 18.9 Å². The van der Waals surface area contributed by atoms with E-state index in [1.807, 2.05) is 0 Å². The van der Waals surface area contributed by atoms with Crippen molar-refractivity contribution in [2.24, 2.45) is 0 Å². The van der Waals surface area contributed by atoms with E-state index in [9.17, 15) is 4.39 Å². The molecule has 1 aliphatic heterocycles. The molecule has 2 atom stereocenters. The van der Waals surface area contributed by atoms with Crippen LogP contribution in [0.2, 0.25) is 0 Å². The van der Waals surface area contributed by atoms with Gasteiger partial charge < -0.3 is 10.1 Å². The maximum Gasteiger partial charge on any atom is 0.123 e. The highest BCUT2D eigenvalue weighted by molar-refractivity contribution is 9.10. The Bertz CT molecular complexity index is 372. The summed E-state index contributed by atoms with van der Waals surface area (Å²) in [7, 11) is 0. The molecule has 0 bridgehead atoms. The van der Waals surface area contributed by atoms with E-state index < -0.39 is 0 Å². The van der Waals surface area contributed by atoms with E-state index >= 15 is 0 Å². The molecule has 1 fully saturated rings. The molecule has 16 heavy (non-hydrogen) atoms. The van der Waals surface area contributed by atoms with E-state index in [1.54, 1.807) is 12.1 Å². The first-order valence-electron chi connectivity index (χ1n) is 5.46. The van der Waals surface area contributed by atoms with Crippen LogP contribution in [0.4, 0.5) is 4.39 Å². The number of hydrogen-bond donors (Lipinski definition) is 1. The van der Waals surface area contributed by atoms with Crippen molar-refractivity contribution in [3.05, 3.63) is 34.1 Å². The maximum absolute atomic E-state index is 13.1. The van der Waals surface area contributed by atoms with Crippen molar-refractivity contribution >= 4 is 15.9 Å². The molecule has 0 radical (unpaired) electrons. The topological polar surface area (TPSA) is 21.3 Å². The predicted octanol–water partition coefficient (Wildman–Crippen LogP) is 2.86. The van der Waals surface area contributed by atoms with Crippen LogP contribution >= 0.6 is 15.9 Å². The third-order valence-electron chi connectivity index (χ3n) is 2.94. The van der Waals surface area contributed by atoms with Gasteiger partial charge in [-0.3, -0.25) is 0 Å². The zero-order chi connectivity index (χ0) is 11.5. The summed E-state index contributed by atoms with van der Waals surface area (Å²) in [5.41, 5.74) is 0.944. The van der Waals surface area contributed by atoms with Gasteiger partial charge in [0.2, 0.25) is 0 Å². The first-order chi connectivity index (χ1) is 7.66. The van der Waals surface area contributed by atoms with E-state index in [1.165, 1.54) is 6.07 Å². The van der Waals surface area contributed by atoms with E-state index in [0.717, 1.165) is 23.1 Å². The minimum absolute atomic E-state index is 0.198. The average Bonchev–Trinajstić information content (AvgIpc) is 2.66. The second kappa shape index (κ2) is 5.25. The smallest absolute Gasteiger partial charge is 0.123 e. The molecule has 0 aliphatic carbocycles. The minimum atomic E-state index is -0.198. The summed E-state index contributed by atoms with van der Waals surface area (Å²) in [5.74, 6) is -0.198. The summed E-state index contributed by atoms with van der Waals surface area (Å²) >= 11 is 3.42. The monoisotopic (exact) mass is 287 g/mol. The standard InChI is InChI=1S/C12H15BrFNO/c1-8-12(4-5-16-8)15-7-9-6-10(14)2-3-11(9)13/h2-3,6,8,12,15H,4-5,7H2,1H3. The molecular weight excluding hydrogens is 273 g/mol. The Labute approximate surface area is 103 Å². The molecule has 0 spiro atoms. The van der Waals surface area contributed by atoms with Crippen molar-refractivity contribution in [2.45, 2.75) is 32.0 Å². The van der Waals surface area contributed by atoms with E-state index in [4.69, 9.17) is 4.74 Å². The van der Waals surface area contributed by atoms with Crippen molar-refractivity contribution in [3.8, 4) is 0 Å². The SMILES string of the molecule is CC1OCCC1NCc1cc(F)ccc1Br. The summed E-state index contributed by atoms with van der Waals surface area (Å²) in [6.45, 7) is 3.53. The van der Waals surface area contributed by atoms with Gasteiger partial charge in [0.15, 0.2) is 0 Å². The van der Waals surface area contributed by atoms with Gasteiger partial charge in [-0.25, -0.2) is 4.39 Å². The fourth-order valence-corrected chi connectivity index (χ4v) is 2.31.